The van der Waals surface area contributed by atoms with Gasteiger partial charge in [-0.15, -0.1) is 0 Å². The molecule has 0 bridgehead atoms. The number of hydrogen-bond acceptors (Lipinski definition) is 8. The fourth-order valence-electron chi connectivity index (χ4n) is 8.98. The Kier molecular flexibility index (Phi) is 7.31. The number of alkyl halides is 2. The lowest BCUT2D eigenvalue weighted by Gasteiger charge is -2.63. The fraction of sp³-hybridized carbons (Fsp3) is 0.606. The highest BCUT2D eigenvalue weighted by molar-refractivity contribution is 6.01. The van der Waals surface area contributed by atoms with Gasteiger partial charge >= 0.3 is 5.97 Å². The molecule has 5 aliphatic rings. The average Bonchev–Trinajstić information content (AvgIpc) is 3.46. The van der Waals surface area contributed by atoms with Crippen molar-refractivity contribution in [3.05, 3.63) is 59.2 Å². The Balaban J connectivity index is 1.34. The van der Waals surface area contributed by atoms with E-state index < -0.39 is 82.7 Å². The van der Waals surface area contributed by atoms with Crippen LogP contribution in [-0.4, -0.2) is 65.2 Å². The number of fused-ring (bicyclic) bond motifs is 7. The molecule has 0 amide bonds. The topological polar surface area (TPSA) is 125 Å². The van der Waals surface area contributed by atoms with Crippen molar-refractivity contribution in [1.29, 1.82) is 0 Å². The van der Waals surface area contributed by atoms with Gasteiger partial charge in [-0.1, -0.05) is 38.5 Å². The van der Waals surface area contributed by atoms with Crippen molar-refractivity contribution in [2.24, 2.45) is 28.4 Å². The molecule has 43 heavy (non-hydrogen) atoms. The highest BCUT2D eigenvalue weighted by atomic mass is 19.1. The van der Waals surface area contributed by atoms with Crippen molar-refractivity contribution < 1.29 is 42.5 Å². The van der Waals surface area contributed by atoms with Gasteiger partial charge in [-0.05, 0) is 73.9 Å². The summed E-state index contributed by atoms with van der Waals surface area (Å²) in [5, 5.41) is 11.7. The highest BCUT2D eigenvalue weighted by Gasteiger charge is 2.80. The number of ether oxygens (including phenoxy) is 3. The van der Waals surface area contributed by atoms with Crippen LogP contribution in [0.3, 0.4) is 0 Å². The summed E-state index contributed by atoms with van der Waals surface area (Å²) in [7, 11) is 0. The molecule has 0 spiro atoms. The van der Waals surface area contributed by atoms with E-state index in [0.717, 1.165) is 18.1 Å². The summed E-state index contributed by atoms with van der Waals surface area (Å²) >= 11 is 0. The van der Waals surface area contributed by atoms with E-state index in [4.69, 9.17) is 19.9 Å². The number of halogens is 2. The van der Waals surface area contributed by atoms with E-state index in [1.165, 1.54) is 19.1 Å². The number of nitrogens with two attached hydrogens (primary N) is 1. The number of Topliss-reactive ketones (excluding diaryl/α,β-unsaturated/α-hetero) is 1. The summed E-state index contributed by atoms with van der Waals surface area (Å²) in [6.45, 7) is 4.98. The van der Waals surface area contributed by atoms with Crippen molar-refractivity contribution in [2.45, 2.75) is 95.4 Å². The second kappa shape index (κ2) is 10.4. The minimum Gasteiger partial charge on any atom is -0.454 e. The summed E-state index contributed by atoms with van der Waals surface area (Å²) in [4.78, 5) is 39.2. The van der Waals surface area contributed by atoms with Crippen molar-refractivity contribution in [3.8, 4) is 0 Å². The van der Waals surface area contributed by atoms with Crippen LogP contribution < -0.4 is 5.73 Å². The van der Waals surface area contributed by atoms with E-state index in [9.17, 15) is 19.5 Å². The number of hydrogen-bond donors (Lipinski definition) is 2. The molecule has 2 unspecified atom stereocenters. The number of carbonyl (C=O) groups is 3. The monoisotopic (exact) mass is 599 g/mol. The van der Waals surface area contributed by atoms with Gasteiger partial charge in [0.2, 0.25) is 5.78 Å². The van der Waals surface area contributed by atoms with Crippen LogP contribution in [0, 0.1) is 22.7 Å². The molecule has 3 saturated carbocycles. The van der Waals surface area contributed by atoms with Crippen LogP contribution in [0.5, 0.6) is 0 Å². The van der Waals surface area contributed by atoms with Crippen LogP contribution in [0.1, 0.15) is 68.8 Å². The maximum Gasteiger partial charge on any atom is 0.338 e. The third kappa shape index (κ3) is 4.09. The lowest BCUT2D eigenvalue weighted by atomic mass is 9.44. The Labute approximate surface area is 249 Å². The molecule has 3 N–H and O–H groups in total. The molecule has 1 aliphatic heterocycles. The lowest BCUT2D eigenvalue weighted by Crippen LogP contribution is -2.71. The van der Waals surface area contributed by atoms with E-state index in [2.05, 4.69) is 0 Å². The number of allylic oxidation sites excluding steroid dienone is 4. The molecular weight excluding hydrogens is 560 g/mol. The van der Waals surface area contributed by atoms with Gasteiger partial charge in [0.25, 0.3) is 0 Å². The molecule has 10 atom stereocenters. The average molecular weight is 600 g/mol. The minimum atomic E-state index is -2.29. The van der Waals surface area contributed by atoms with Crippen LogP contribution in [0.4, 0.5) is 8.78 Å². The first-order valence-electron chi connectivity index (χ1n) is 15.1. The molecule has 8 nitrogen and oxygen atoms in total. The molecule has 1 saturated heterocycles. The SMILES string of the molecule is CCCC1O[C@@H]2CC3[C@@H]4C[C@H](F)C5=CC(=O)C=C[C@]5(C)[C@@]4(F)[C@@H](O)C[C@]3(C)[C@]2(C(=O)COC(=O)c2ccc(CN)cc2)O1. The van der Waals surface area contributed by atoms with Gasteiger partial charge in [-0.3, -0.25) is 9.59 Å². The third-order valence-electron chi connectivity index (χ3n) is 11.1. The van der Waals surface area contributed by atoms with Crippen LogP contribution in [-0.2, 0) is 30.3 Å². The number of carbonyl (C=O) groups excluding carboxylic acids is 3. The fourth-order valence-corrected chi connectivity index (χ4v) is 8.98. The number of ketones is 2. The normalized spacial score (nSPS) is 42.9. The number of aliphatic hydroxyl groups excluding tert-OH is 1. The number of aliphatic hydroxyl groups is 1. The quantitative estimate of drug-likeness (QED) is 0.450. The zero-order valence-electron chi connectivity index (χ0n) is 24.7. The molecule has 4 fully saturated rings. The van der Waals surface area contributed by atoms with Crippen molar-refractivity contribution in [2.75, 3.05) is 6.61 Å². The zero-order valence-corrected chi connectivity index (χ0v) is 24.7. The first-order chi connectivity index (χ1) is 20.4. The number of rotatable bonds is 7. The molecule has 232 valence electrons. The van der Waals surface area contributed by atoms with Gasteiger partial charge in [-0.2, -0.15) is 0 Å². The first-order valence-corrected chi connectivity index (χ1v) is 15.1. The molecule has 6 rings (SSSR count). The molecule has 4 aliphatic carbocycles. The van der Waals surface area contributed by atoms with Crippen molar-refractivity contribution in [3.63, 3.8) is 0 Å². The van der Waals surface area contributed by atoms with E-state index in [-0.39, 0.29) is 30.4 Å². The van der Waals surface area contributed by atoms with Crippen LogP contribution >= 0.6 is 0 Å². The van der Waals surface area contributed by atoms with Gasteiger partial charge in [0.1, 0.15) is 6.17 Å². The van der Waals surface area contributed by atoms with Crippen molar-refractivity contribution >= 4 is 17.5 Å². The Bertz CT molecular complexity index is 1400. The lowest BCUT2D eigenvalue weighted by molar-refractivity contribution is -0.234. The standard InChI is InChI=1S/C33H39F2NO7/c1-4-5-28-42-27-14-21-22-13-24(34)23-12-20(37)10-11-30(23,2)32(22,35)25(38)15-31(21,3)33(27,43-28)26(39)17-41-29(40)19-8-6-18(16-36)7-9-19/h6-12,21-22,24-25,27-28,38H,4-5,13-17,36H2,1-3H3/t21?,22-,24-,25-,27+,28?,30-,31-,32-,33+/m0/s1. The predicted molar refractivity (Wildman–Crippen MR) is 151 cm³/mol. The molecule has 1 aromatic rings. The van der Waals surface area contributed by atoms with E-state index in [0.29, 0.717) is 13.0 Å². The summed E-state index contributed by atoms with van der Waals surface area (Å²) in [6.07, 6.45) is 0.0944. The van der Waals surface area contributed by atoms with E-state index in [1.54, 1.807) is 31.2 Å². The van der Waals surface area contributed by atoms with Gasteiger partial charge in [0.05, 0.1) is 17.8 Å². The van der Waals surface area contributed by atoms with Crippen molar-refractivity contribution in [1.82, 2.24) is 0 Å². The zero-order chi connectivity index (χ0) is 30.9. The summed E-state index contributed by atoms with van der Waals surface area (Å²) in [5.41, 5.74) is 0.134. The Morgan fingerprint density at radius 1 is 1.16 bits per heavy atom. The van der Waals surface area contributed by atoms with E-state index >= 15 is 8.78 Å². The van der Waals surface area contributed by atoms with Gasteiger partial charge < -0.3 is 25.1 Å². The summed E-state index contributed by atoms with van der Waals surface area (Å²) in [6, 6.07) is 6.54. The maximum absolute atomic E-state index is 17.6. The first kappa shape index (κ1) is 30.2. The summed E-state index contributed by atoms with van der Waals surface area (Å²) in [5.74, 6) is -3.24. The largest absolute Gasteiger partial charge is 0.454 e. The van der Waals surface area contributed by atoms with Crippen LogP contribution in [0.2, 0.25) is 0 Å². The maximum atomic E-state index is 17.6. The molecule has 0 radical (unpaired) electrons. The Hall–Kier alpha value is -2.79. The smallest absolute Gasteiger partial charge is 0.338 e. The molecule has 0 aromatic heterocycles. The third-order valence-corrected chi connectivity index (χ3v) is 11.1. The Morgan fingerprint density at radius 3 is 2.56 bits per heavy atom. The van der Waals surface area contributed by atoms with Gasteiger partial charge in [0.15, 0.2) is 29.9 Å². The van der Waals surface area contributed by atoms with Crippen LogP contribution in [0.15, 0.2) is 48.1 Å². The minimum absolute atomic E-state index is 0.0345. The van der Waals surface area contributed by atoms with E-state index in [1.807, 2.05) is 6.92 Å². The predicted octanol–water partition coefficient (Wildman–Crippen LogP) is 4.08. The highest BCUT2D eigenvalue weighted by Crippen LogP contribution is 2.72. The Morgan fingerprint density at radius 2 is 1.88 bits per heavy atom. The molecular formula is C33H39F2NO7. The van der Waals surface area contributed by atoms with Gasteiger partial charge in [0, 0.05) is 23.3 Å². The second-order valence-electron chi connectivity index (χ2n) is 13.2. The summed E-state index contributed by atoms with van der Waals surface area (Å²) < 4.78 is 51.6. The molecule has 10 heteroatoms. The molecule has 1 heterocycles. The number of benzene rings is 1. The second-order valence-corrected chi connectivity index (χ2v) is 13.2. The van der Waals surface area contributed by atoms with Gasteiger partial charge in [-0.25, -0.2) is 13.6 Å². The van der Waals surface area contributed by atoms with Crippen LogP contribution in [0.25, 0.3) is 0 Å². The number of esters is 1. The molecule has 1 aromatic carbocycles.